The summed E-state index contributed by atoms with van der Waals surface area (Å²) in [7, 11) is 0. The molecule has 4 heteroatoms. The second-order valence-corrected chi connectivity index (χ2v) is 3.72. The molecule has 3 N–H and O–H groups in total. The maximum atomic E-state index is 5.66. The molecule has 0 spiro atoms. The molecule has 1 unspecified atom stereocenters. The fourth-order valence-electron chi connectivity index (χ4n) is 1.33. The highest BCUT2D eigenvalue weighted by Gasteiger charge is 2.11. The van der Waals surface area contributed by atoms with Gasteiger partial charge in [0.05, 0.1) is 12.7 Å². The lowest BCUT2D eigenvalue weighted by atomic mass is 10.1. The van der Waals surface area contributed by atoms with Crippen LogP contribution in [0.25, 0.3) is 0 Å². The van der Waals surface area contributed by atoms with Crippen molar-refractivity contribution in [2.75, 3.05) is 13.1 Å². The summed E-state index contributed by atoms with van der Waals surface area (Å²) in [6.45, 7) is 5.21. The summed E-state index contributed by atoms with van der Waals surface area (Å²) in [5.74, 6) is 2.54. The lowest BCUT2D eigenvalue weighted by Crippen LogP contribution is -2.28. The average Bonchev–Trinajstić information content (AvgIpc) is 2.68. The molecule has 0 bridgehead atoms. The molecule has 82 valence electrons. The number of rotatable bonds is 5. The van der Waals surface area contributed by atoms with Crippen molar-refractivity contribution in [2.24, 2.45) is 5.73 Å². The van der Waals surface area contributed by atoms with Crippen molar-refractivity contribution in [1.82, 2.24) is 15.1 Å². The zero-order valence-electron chi connectivity index (χ0n) is 9.27. The number of nitrogens with zero attached hydrogens (tertiary/aromatic N) is 2. The van der Waals surface area contributed by atoms with Crippen LogP contribution in [0, 0.1) is 12.3 Å². The number of nitrogens with one attached hydrogen (secondary N) is 1. The van der Waals surface area contributed by atoms with E-state index in [-0.39, 0.29) is 6.04 Å². The zero-order valence-corrected chi connectivity index (χ0v) is 9.27. The van der Waals surface area contributed by atoms with E-state index in [0.29, 0.717) is 19.1 Å². The van der Waals surface area contributed by atoms with Gasteiger partial charge in [-0.05, 0) is 13.8 Å². The van der Waals surface area contributed by atoms with Crippen LogP contribution in [0.1, 0.15) is 31.5 Å². The highest BCUT2D eigenvalue weighted by atomic mass is 15.3. The Labute approximate surface area is 90.8 Å². The molecule has 4 nitrogen and oxygen atoms in total. The third-order valence-corrected chi connectivity index (χ3v) is 2.24. The molecule has 0 aromatic carbocycles. The van der Waals surface area contributed by atoms with Gasteiger partial charge in [0.1, 0.15) is 0 Å². The largest absolute Gasteiger partial charge is 0.329 e. The molecule has 0 fully saturated rings. The maximum absolute atomic E-state index is 5.66. The predicted octanol–water partition coefficient (Wildman–Crippen LogP) is 0.687. The minimum Gasteiger partial charge on any atom is -0.329 e. The van der Waals surface area contributed by atoms with E-state index in [1.165, 1.54) is 0 Å². The first-order valence-corrected chi connectivity index (χ1v) is 5.10. The summed E-state index contributed by atoms with van der Waals surface area (Å²) in [6.07, 6.45) is 9.03. The van der Waals surface area contributed by atoms with E-state index in [9.17, 15) is 0 Å². The molecular formula is C11H18N4. The topological polar surface area (TPSA) is 55.9 Å². The fraction of sp³-hybridized carbons (Fsp3) is 0.545. The molecule has 15 heavy (non-hydrogen) atoms. The summed E-state index contributed by atoms with van der Waals surface area (Å²) in [4.78, 5) is 0. The summed E-state index contributed by atoms with van der Waals surface area (Å²) in [5, 5.41) is 7.44. The minimum atomic E-state index is 0.0912. The van der Waals surface area contributed by atoms with Crippen LogP contribution in [-0.4, -0.2) is 22.9 Å². The van der Waals surface area contributed by atoms with Gasteiger partial charge in [-0.1, -0.05) is 5.92 Å². The standard InChI is InChI=1S/C11H18N4/c1-4-5-13-11(6-12)10-7-14-15(8-10)9(2)3/h1,7-9,11,13H,5-6,12H2,2-3H3. The van der Waals surface area contributed by atoms with Crippen LogP contribution in [0.15, 0.2) is 12.4 Å². The van der Waals surface area contributed by atoms with Crippen LogP contribution >= 0.6 is 0 Å². The van der Waals surface area contributed by atoms with Crippen LogP contribution < -0.4 is 11.1 Å². The molecule has 1 atom stereocenters. The van der Waals surface area contributed by atoms with Crippen molar-refractivity contribution in [3.05, 3.63) is 18.0 Å². The summed E-state index contributed by atoms with van der Waals surface area (Å²) in [5.41, 5.74) is 6.75. The van der Waals surface area contributed by atoms with E-state index in [1.807, 2.05) is 17.1 Å². The normalized spacial score (nSPS) is 12.7. The number of hydrogen-bond acceptors (Lipinski definition) is 3. The SMILES string of the molecule is C#CCNC(CN)c1cnn(C(C)C)c1. The summed E-state index contributed by atoms with van der Waals surface area (Å²) >= 11 is 0. The molecule has 0 radical (unpaired) electrons. The lowest BCUT2D eigenvalue weighted by molar-refractivity contribution is 0.529. The van der Waals surface area contributed by atoms with Gasteiger partial charge in [0.2, 0.25) is 0 Å². The van der Waals surface area contributed by atoms with Crippen molar-refractivity contribution in [3.63, 3.8) is 0 Å². The Morgan fingerprint density at radius 1 is 1.67 bits per heavy atom. The Balaban J connectivity index is 2.70. The van der Waals surface area contributed by atoms with Crippen molar-refractivity contribution in [1.29, 1.82) is 0 Å². The second kappa shape index (κ2) is 5.54. The van der Waals surface area contributed by atoms with E-state index in [4.69, 9.17) is 12.2 Å². The minimum absolute atomic E-state index is 0.0912. The number of terminal acetylenes is 1. The van der Waals surface area contributed by atoms with Crippen LogP contribution in [-0.2, 0) is 0 Å². The fourth-order valence-corrected chi connectivity index (χ4v) is 1.33. The van der Waals surface area contributed by atoms with E-state index in [2.05, 4.69) is 30.2 Å². The van der Waals surface area contributed by atoms with E-state index in [1.54, 1.807) is 0 Å². The van der Waals surface area contributed by atoms with Gasteiger partial charge in [-0.3, -0.25) is 10.00 Å². The van der Waals surface area contributed by atoms with Crippen LogP contribution in [0.2, 0.25) is 0 Å². The summed E-state index contributed by atoms with van der Waals surface area (Å²) in [6, 6.07) is 0.457. The van der Waals surface area contributed by atoms with Gasteiger partial charge in [0.25, 0.3) is 0 Å². The molecule has 0 amide bonds. The predicted molar refractivity (Wildman–Crippen MR) is 61.2 cm³/mol. The average molecular weight is 206 g/mol. The number of hydrogen-bond donors (Lipinski definition) is 2. The quantitative estimate of drug-likeness (QED) is 0.697. The molecule has 0 saturated carbocycles. The molecule has 1 rings (SSSR count). The third kappa shape index (κ3) is 3.08. The molecule has 0 aliphatic carbocycles. The molecule has 0 aliphatic rings. The maximum Gasteiger partial charge on any atom is 0.0579 e. The first-order valence-electron chi connectivity index (χ1n) is 5.10. The van der Waals surface area contributed by atoms with E-state index >= 15 is 0 Å². The van der Waals surface area contributed by atoms with Gasteiger partial charge < -0.3 is 5.73 Å². The third-order valence-electron chi connectivity index (χ3n) is 2.24. The van der Waals surface area contributed by atoms with Gasteiger partial charge in [0.15, 0.2) is 0 Å². The van der Waals surface area contributed by atoms with Crippen LogP contribution in [0.5, 0.6) is 0 Å². The Hall–Kier alpha value is -1.31. The smallest absolute Gasteiger partial charge is 0.0579 e. The number of aromatic nitrogens is 2. The lowest BCUT2D eigenvalue weighted by Gasteiger charge is -2.12. The Bertz CT molecular complexity index is 335. The van der Waals surface area contributed by atoms with Gasteiger partial charge in [-0.25, -0.2) is 0 Å². The van der Waals surface area contributed by atoms with Crippen molar-refractivity contribution < 1.29 is 0 Å². The Morgan fingerprint density at radius 2 is 2.40 bits per heavy atom. The van der Waals surface area contributed by atoms with Gasteiger partial charge in [-0.2, -0.15) is 5.10 Å². The van der Waals surface area contributed by atoms with Crippen molar-refractivity contribution >= 4 is 0 Å². The molecule has 1 heterocycles. The molecule has 1 aromatic heterocycles. The van der Waals surface area contributed by atoms with Gasteiger partial charge >= 0.3 is 0 Å². The van der Waals surface area contributed by atoms with Gasteiger partial charge in [0, 0.05) is 30.4 Å². The summed E-state index contributed by atoms with van der Waals surface area (Å²) < 4.78 is 1.91. The van der Waals surface area contributed by atoms with E-state index in [0.717, 1.165) is 5.56 Å². The highest BCUT2D eigenvalue weighted by Crippen LogP contribution is 2.12. The second-order valence-electron chi connectivity index (χ2n) is 3.72. The Kier molecular flexibility index (Phi) is 4.35. The molecular weight excluding hydrogens is 188 g/mol. The zero-order chi connectivity index (χ0) is 11.3. The van der Waals surface area contributed by atoms with Crippen molar-refractivity contribution in [3.8, 4) is 12.3 Å². The van der Waals surface area contributed by atoms with E-state index < -0.39 is 0 Å². The van der Waals surface area contributed by atoms with Gasteiger partial charge in [-0.15, -0.1) is 6.42 Å². The molecule has 1 aromatic rings. The first kappa shape index (κ1) is 11.8. The van der Waals surface area contributed by atoms with Crippen LogP contribution in [0.4, 0.5) is 0 Å². The number of nitrogens with two attached hydrogens (primary N) is 1. The molecule has 0 aliphatic heterocycles. The van der Waals surface area contributed by atoms with Crippen LogP contribution in [0.3, 0.4) is 0 Å². The first-order chi connectivity index (χ1) is 7.19. The highest BCUT2D eigenvalue weighted by molar-refractivity contribution is 5.12. The monoisotopic (exact) mass is 206 g/mol. The van der Waals surface area contributed by atoms with Crippen molar-refractivity contribution in [2.45, 2.75) is 25.9 Å². The Morgan fingerprint density at radius 3 is 2.87 bits per heavy atom. The molecule has 0 saturated heterocycles.